The van der Waals surface area contributed by atoms with Gasteiger partial charge in [0.25, 0.3) is 0 Å². The molecule has 0 saturated carbocycles. The highest BCUT2D eigenvalue weighted by Gasteiger charge is 2.33. The van der Waals surface area contributed by atoms with Crippen molar-refractivity contribution in [3.63, 3.8) is 0 Å². The third-order valence-electron chi connectivity index (χ3n) is 4.71. The van der Waals surface area contributed by atoms with Crippen LogP contribution in [0.4, 0.5) is 4.79 Å². The van der Waals surface area contributed by atoms with Crippen molar-refractivity contribution in [2.24, 2.45) is 17.8 Å². The molecule has 2 N–H and O–H groups in total. The molecule has 23 heavy (non-hydrogen) atoms. The second-order valence-corrected chi connectivity index (χ2v) is 7.94. The molecule has 0 aliphatic carbocycles. The Morgan fingerprint density at radius 2 is 1.83 bits per heavy atom. The highest BCUT2D eigenvalue weighted by Crippen LogP contribution is 2.26. The Hall–Kier alpha value is -1.30. The van der Waals surface area contributed by atoms with Gasteiger partial charge >= 0.3 is 12.0 Å². The molecule has 0 bridgehead atoms. The first-order chi connectivity index (χ1) is 10.5. The van der Waals surface area contributed by atoms with Crippen molar-refractivity contribution in [2.45, 2.75) is 46.6 Å². The number of carbonyl (C=O) groups excluding carboxylic acids is 1. The summed E-state index contributed by atoms with van der Waals surface area (Å²) in [6.07, 6.45) is 1.26. The molecule has 6 nitrogen and oxygen atoms in total. The SMILES string of the molecule is CC1CC(C)CN(C(C)(C)CNC(=O)N(C)CC(C)C(=O)O)C1. The molecule has 3 unspecified atom stereocenters. The van der Waals surface area contributed by atoms with Crippen molar-refractivity contribution in [1.82, 2.24) is 15.1 Å². The van der Waals surface area contributed by atoms with Crippen molar-refractivity contribution in [1.29, 1.82) is 0 Å². The highest BCUT2D eigenvalue weighted by molar-refractivity contribution is 5.75. The quantitative estimate of drug-likeness (QED) is 0.783. The van der Waals surface area contributed by atoms with Crippen molar-refractivity contribution < 1.29 is 14.7 Å². The normalized spacial score (nSPS) is 24.1. The second-order valence-electron chi connectivity index (χ2n) is 7.94. The lowest BCUT2D eigenvalue weighted by atomic mass is 9.88. The first-order valence-electron chi connectivity index (χ1n) is 8.49. The number of amides is 2. The molecular formula is C17H33N3O3. The summed E-state index contributed by atoms with van der Waals surface area (Å²) in [6, 6.07) is -0.218. The van der Waals surface area contributed by atoms with Crippen LogP contribution in [0.2, 0.25) is 0 Å². The molecule has 1 fully saturated rings. The van der Waals surface area contributed by atoms with E-state index in [1.807, 2.05) is 0 Å². The molecule has 0 aromatic carbocycles. The molecule has 2 amide bonds. The Morgan fingerprint density at radius 3 is 2.30 bits per heavy atom. The van der Waals surface area contributed by atoms with Crippen molar-refractivity contribution in [3.05, 3.63) is 0 Å². The molecule has 0 spiro atoms. The Morgan fingerprint density at radius 1 is 1.30 bits per heavy atom. The maximum atomic E-state index is 12.2. The number of likely N-dealkylation sites (tertiary alicyclic amines) is 1. The van der Waals surface area contributed by atoms with Gasteiger partial charge in [0.1, 0.15) is 0 Å². The topological polar surface area (TPSA) is 72.9 Å². The number of hydrogen-bond acceptors (Lipinski definition) is 3. The number of carboxylic acids is 1. The fourth-order valence-electron chi connectivity index (χ4n) is 3.27. The first-order valence-corrected chi connectivity index (χ1v) is 8.49. The summed E-state index contributed by atoms with van der Waals surface area (Å²) in [4.78, 5) is 26.9. The molecule has 3 atom stereocenters. The van der Waals surface area contributed by atoms with E-state index in [0.717, 1.165) is 13.1 Å². The van der Waals surface area contributed by atoms with Crippen LogP contribution in [0, 0.1) is 17.8 Å². The monoisotopic (exact) mass is 327 g/mol. The van der Waals surface area contributed by atoms with E-state index in [1.54, 1.807) is 14.0 Å². The van der Waals surface area contributed by atoms with Crippen LogP contribution in [0.15, 0.2) is 0 Å². The number of carbonyl (C=O) groups is 2. The van der Waals surface area contributed by atoms with Crippen LogP contribution in [0.3, 0.4) is 0 Å². The molecule has 1 aliphatic heterocycles. The molecule has 1 aliphatic rings. The average Bonchev–Trinajstić information content (AvgIpc) is 2.43. The predicted octanol–water partition coefficient (Wildman–Crippen LogP) is 2.10. The Kier molecular flexibility index (Phi) is 6.86. The fourth-order valence-corrected chi connectivity index (χ4v) is 3.27. The molecule has 1 saturated heterocycles. The van der Waals surface area contributed by atoms with Gasteiger partial charge in [-0.05, 0) is 32.1 Å². The number of piperidine rings is 1. The minimum absolute atomic E-state index is 0.113. The van der Waals surface area contributed by atoms with Gasteiger partial charge in [0.15, 0.2) is 0 Å². The number of nitrogens with one attached hydrogen (secondary N) is 1. The van der Waals surface area contributed by atoms with Gasteiger partial charge in [0, 0.05) is 38.8 Å². The zero-order valence-electron chi connectivity index (χ0n) is 15.4. The van der Waals surface area contributed by atoms with Crippen molar-refractivity contribution in [2.75, 3.05) is 33.2 Å². The van der Waals surface area contributed by atoms with Crippen LogP contribution in [0.5, 0.6) is 0 Å². The second kappa shape index (κ2) is 7.99. The average molecular weight is 327 g/mol. The Bertz CT molecular complexity index is 415. The van der Waals surface area contributed by atoms with E-state index in [0.29, 0.717) is 18.4 Å². The minimum Gasteiger partial charge on any atom is -0.481 e. The lowest BCUT2D eigenvalue weighted by molar-refractivity contribution is -0.141. The summed E-state index contributed by atoms with van der Waals surface area (Å²) in [5.74, 6) is -0.107. The standard InChI is InChI=1S/C17H33N3O3/c1-12-7-13(2)9-20(8-12)17(4,5)11-18-16(23)19(6)10-14(3)15(21)22/h12-14H,7-11H2,1-6H3,(H,18,23)(H,21,22). The molecule has 6 heteroatoms. The van der Waals surface area contributed by atoms with Crippen LogP contribution < -0.4 is 5.32 Å². The summed E-state index contributed by atoms with van der Waals surface area (Å²) in [7, 11) is 1.63. The summed E-state index contributed by atoms with van der Waals surface area (Å²) < 4.78 is 0. The fraction of sp³-hybridized carbons (Fsp3) is 0.882. The molecule has 0 radical (unpaired) electrons. The van der Waals surface area contributed by atoms with Gasteiger partial charge in [-0.3, -0.25) is 9.69 Å². The van der Waals surface area contributed by atoms with Gasteiger partial charge in [0.05, 0.1) is 5.92 Å². The summed E-state index contributed by atoms with van der Waals surface area (Å²) in [6.45, 7) is 13.3. The minimum atomic E-state index is -0.888. The van der Waals surface area contributed by atoms with Gasteiger partial charge in [-0.1, -0.05) is 20.8 Å². The van der Waals surface area contributed by atoms with E-state index in [2.05, 4.69) is 37.9 Å². The van der Waals surface area contributed by atoms with Gasteiger partial charge in [-0.2, -0.15) is 0 Å². The molecule has 1 rings (SSSR count). The Labute approximate surface area is 140 Å². The van der Waals surface area contributed by atoms with E-state index >= 15 is 0 Å². The van der Waals surface area contributed by atoms with E-state index < -0.39 is 11.9 Å². The number of nitrogens with zero attached hydrogens (tertiary/aromatic N) is 2. The molecule has 0 aromatic heterocycles. The predicted molar refractivity (Wildman–Crippen MR) is 91.4 cm³/mol. The lowest BCUT2D eigenvalue weighted by Crippen LogP contribution is -2.57. The van der Waals surface area contributed by atoms with E-state index in [1.165, 1.54) is 11.3 Å². The van der Waals surface area contributed by atoms with Crippen LogP contribution in [0.25, 0.3) is 0 Å². The van der Waals surface area contributed by atoms with Gasteiger partial charge in [0.2, 0.25) is 0 Å². The van der Waals surface area contributed by atoms with Crippen LogP contribution in [-0.4, -0.2) is 65.7 Å². The van der Waals surface area contributed by atoms with Crippen LogP contribution in [-0.2, 0) is 4.79 Å². The van der Waals surface area contributed by atoms with Crippen LogP contribution in [0.1, 0.15) is 41.0 Å². The number of urea groups is 1. The highest BCUT2D eigenvalue weighted by atomic mass is 16.4. The summed E-state index contributed by atoms with van der Waals surface area (Å²) >= 11 is 0. The third kappa shape index (κ3) is 6.01. The summed E-state index contributed by atoms with van der Waals surface area (Å²) in [5.41, 5.74) is -0.113. The number of rotatable bonds is 6. The molecule has 1 heterocycles. The lowest BCUT2D eigenvalue weighted by Gasteiger charge is -2.45. The van der Waals surface area contributed by atoms with E-state index in [4.69, 9.17) is 5.11 Å². The van der Waals surface area contributed by atoms with Gasteiger partial charge in [-0.25, -0.2) is 4.79 Å². The number of carboxylic acid groups (broad SMARTS) is 1. The van der Waals surface area contributed by atoms with Crippen molar-refractivity contribution >= 4 is 12.0 Å². The zero-order chi connectivity index (χ0) is 17.8. The largest absolute Gasteiger partial charge is 0.481 e. The molecular weight excluding hydrogens is 294 g/mol. The Balaban J connectivity index is 2.51. The van der Waals surface area contributed by atoms with Gasteiger partial charge in [-0.15, -0.1) is 0 Å². The van der Waals surface area contributed by atoms with Gasteiger partial charge < -0.3 is 15.3 Å². The van der Waals surface area contributed by atoms with Crippen LogP contribution >= 0.6 is 0 Å². The van der Waals surface area contributed by atoms with E-state index in [-0.39, 0.29) is 18.1 Å². The van der Waals surface area contributed by atoms with Crippen molar-refractivity contribution in [3.8, 4) is 0 Å². The molecule has 0 aromatic rings. The number of aliphatic carboxylic acids is 1. The van der Waals surface area contributed by atoms with E-state index in [9.17, 15) is 9.59 Å². The third-order valence-corrected chi connectivity index (χ3v) is 4.71. The summed E-state index contributed by atoms with van der Waals surface area (Å²) in [5, 5.41) is 11.9. The zero-order valence-corrected chi connectivity index (χ0v) is 15.4. The smallest absolute Gasteiger partial charge is 0.317 e. The maximum absolute atomic E-state index is 12.2. The molecule has 134 valence electrons. The number of hydrogen-bond donors (Lipinski definition) is 2. The first kappa shape index (κ1) is 19.7. The maximum Gasteiger partial charge on any atom is 0.317 e.